The van der Waals surface area contributed by atoms with Crippen LogP contribution in [0.1, 0.15) is 46.0 Å². The molecule has 5 nitrogen and oxygen atoms in total. The summed E-state index contributed by atoms with van der Waals surface area (Å²) in [4.78, 5) is 12.1. The van der Waals surface area contributed by atoms with Gasteiger partial charge in [0.15, 0.2) is 0 Å². The molecule has 0 radical (unpaired) electrons. The van der Waals surface area contributed by atoms with Gasteiger partial charge in [-0.2, -0.15) is 0 Å². The Labute approximate surface area is 109 Å². The molecule has 0 saturated heterocycles. The molecule has 1 atom stereocenters. The summed E-state index contributed by atoms with van der Waals surface area (Å²) in [5.74, 6) is -0.724. The van der Waals surface area contributed by atoms with Gasteiger partial charge in [-0.15, -0.1) is 0 Å². The van der Waals surface area contributed by atoms with Crippen LogP contribution in [-0.2, 0) is 19.6 Å². The highest BCUT2D eigenvalue weighted by Crippen LogP contribution is 2.40. The lowest BCUT2D eigenvalue weighted by molar-refractivity contribution is -0.157. The van der Waals surface area contributed by atoms with E-state index in [-0.39, 0.29) is 18.3 Å². The fourth-order valence-corrected chi connectivity index (χ4v) is 3.99. The van der Waals surface area contributed by atoms with Crippen molar-refractivity contribution in [2.45, 2.75) is 46.0 Å². The maximum absolute atomic E-state index is 12.1. The first-order chi connectivity index (χ1) is 8.29. The maximum Gasteiger partial charge on any atom is 0.313 e. The molecule has 106 valence electrons. The minimum absolute atomic E-state index is 0.0450. The van der Waals surface area contributed by atoms with Gasteiger partial charge in [-0.25, -0.2) is 13.6 Å². The van der Waals surface area contributed by atoms with Gasteiger partial charge in [0.2, 0.25) is 10.0 Å². The van der Waals surface area contributed by atoms with Crippen LogP contribution in [0.4, 0.5) is 0 Å². The zero-order valence-corrected chi connectivity index (χ0v) is 12.0. The summed E-state index contributed by atoms with van der Waals surface area (Å²) in [6.07, 6.45) is 4.94. The molecule has 2 N–H and O–H groups in total. The van der Waals surface area contributed by atoms with Gasteiger partial charge in [-0.3, -0.25) is 4.79 Å². The summed E-state index contributed by atoms with van der Waals surface area (Å²) in [6, 6.07) is 0. The Morgan fingerprint density at radius 2 is 1.89 bits per heavy atom. The number of sulfonamides is 1. The quantitative estimate of drug-likeness (QED) is 0.770. The molecular formula is C12H23NO4S. The van der Waals surface area contributed by atoms with E-state index in [0.29, 0.717) is 0 Å². The van der Waals surface area contributed by atoms with E-state index in [1.165, 1.54) is 0 Å². The molecule has 1 fully saturated rings. The molecule has 18 heavy (non-hydrogen) atoms. The molecule has 0 bridgehead atoms. The lowest BCUT2D eigenvalue weighted by atomic mass is 9.71. The van der Waals surface area contributed by atoms with Crippen molar-refractivity contribution in [3.8, 4) is 0 Å². The summed E-state index contributed by atoms with van der Waals surface area (Å²) < 4.78 is 27.8. The molecule has 0 aromatic rings. The Morgan fingerprint density at radius 1 is 1.33 bits per heavy atom. The van der Waals surface area contributed by atoms with E-state index < -0.39 is 21.4 Å². The monoisotopic (exact) mass is 277 g/mol. The fraction of sp³-hybridized carbons (Fsp3) is 0.917. The minimum Gasteiger partial charge on any atom is -0.466 e. The Kier molecular flexibility index (Phi) is 5.16. The lowest BCUT2D eigenvalue weighted by Crippen LogP contribution is -2.45. The van der Waals surface area contributed by atoms with Crippen LogP contribution in [0.3, 0.4) is 0 Å². The van der Waals surface area contributed by atoms with Gasteiger partial charge in [0.25, 0.3) is 0 Å². The average molecular weight is 277 g/mol. The van der Waals surface area contributed by atoms with Crippen molar-refractivity contribution in [2.75, 3.05) is 12.4 Å². The molecule has 0 spiro atoms. The molecule has 6 heteroatoms. The predicted molar refractivity (Wildman–Crippen MR) is 69.3 cm³/mol. The summed E-state index contributed by atoms with van der Waals surface area (Å²) in [7, 11) is -3.70. The third-order valence-corrected chi connectivity index (χ3v) is 4.75. The number of hydrogen-bond acceptors (Lipinski definition) is 4. The average Bonchev–Trinajstić information content (AvgIpc) is 2.28. The topological polar surface area (TPSA) is 86.5 Å². The van der Waals surface area contributed by atoms with Crippen LogP contribution < -0.4 is 5.14 Å². The van der Waals surface area contributed by atoms with Crippen LogP contribution in [0.5, 0.6) is 0 Å². The highest BCUT2D eigenvalue weighted by molar-refractivity contribution is 7.89. The predicted octanol–water partition coefficient (Wildman–Crippen LogP) is 1.42. The molecule has 1 unspecified atom stereocenters. The molecule has 1 aliphatic carbocycles. The summed E-state index contributed by atoms with van der Waals surface area (Å²) in [5.41, 5.74) is -1.01. The zero-order valence-electron chi connectivity index (χ0n) is 11.1. The molecule has 0 amide bonds. The van der Waals surface area contributed by atoms with Crippen molar-refractivity contribution >= 4 is 16.0 Å². The molecule has 1 saturated carbocycles. The van der Waals surface area contributed by atoms with Crippen LogP contribution in [0.2, 0.25) is 0 Å². The van der Waals surface area contributed by atoms with E-state index in [9.17, 15) is 13.2 Å². The van der Waals surface area contributed by atoms with Crippen LogP contribution in [0, 0.1) is 11.3 Å². The van der Waals surface area contributed by atoms with Crippen molar-refractivity contribution in [3.05, 3.63) is 0 Å². The highest BCUT2D eigenvalue weighted by Gasteiger charge is 2.45. The number of nitrogens with two attached hydrogens (primary N) is 1. The van der Waals surface area contributed by atoms with E-state index in [2.05, 4.69) is 0 Å². The molecule has 0 heterocycles. The molecular weight excluding hydrogens is 254 g/mol. The van der Waals surface area contributed by atoms with Crippen LogP contribution in [-0.4, -0.2) is 26.7 Å². The van der Waals surface area contributed by atoms with E-state index in [1.54, 1.807) is 13.8 Å². The second-order valence-electron chi connectivity index (χ2n) is 5.28. The number of ether oxygens (including phenoxy) is 1. The smallest absolute Gasteiger partial charge is 0.313 e. The number of carbonyl (C=O) groups excluding carboxylic acids is 1. The molecule has 0 aromatic heterocycles. The third kappa shape index (κ3) is 3.95. The lowest BCUT2D eigenvalue weighted by Gasteiger charge is -2.37. The molecule has 1 rings (SSSR count). The van der Waals surface area contributed by atoms with Crippen molar-refractivity contribution < 1.29 is 17.9 Å². The second kappa shape index (κ2) is 6.02. The first kappa shape index (κ1) is 15.4. The molecule has 0 aliphatic heterocycles. The van der Waals surface area contributed by atoms with Crippen LogP contribution in [0.25, 0.3) is 0 Å². The first-order valence-corrected chi connectivity index (χ1v) is 8.19. The van der Waals surface area contributed by atoms with Gasteiger partial charge in [-0.05, 0) is 32.6 Å². The van der Waals surface area contributed by atoms with Gasteiger partial charge in [-0.1, -0.05) is 19.3 Å². The van der Waals surface area contributed by atoms with E-state index in [4.69, 9.17) is 9.88 Å². The summed E-state index contributed by atoms with van der Waals surface area (Å²) in [6.45, 7) is 3.65. The highest BCUT2D eigenvalue weighted by atomic mass is 32.2. The van der Waals surface area contributed by atoms with Crippen LogP contribution >= 0.6 is 0 Å². The Hall–Kier alpha value is -0.620. The van der Waals surface area contributed by atoms with Gasteiger partial charge >= 0.3 is 5.97 Å². The van der Waals surface area contributed by atoms with Crippen molar-refractivity contribution in [1.29, 1.82) is 0 Å². The van der Waals surface area contributed by atoms with Crippen molar-refractivity contribution in [2.24, 2.45) is 16.5 Å². The number of esters is 1. The number of hydrogen-bond donors (Lipinski definition) is 1. The van der Waals surface area contributed by atoms with Crippen molar-refractivity contribution in [3.63, 3.8) is 0 Å². The summed E-state index contributed by atoms with van der Waals surface area (Å²) in [5, 5.41) is 5.13. The van der Waals surface area contributed by atoms with E-state index in [1.807, 2.05) is 0 Å². The van der Waals surface area contributed by atoms with Gasteiger partial charge in [0.05, 0.1) is 17.8 Å². The van der Waals surface area contributed by atoms with Crippen LogP contribution in [0.15, 0.2) is 0 Å². The van der Waals surface area contributed by atoms with Gasteiger partial charge < -0.3 is 4.74 Å². The normalized spacial score (nSPS) is 21.3. The summed E-state index contributed by atoms with van der Waals surface area (Å²) >= 11 is 0. The number of primary sulfonamides is 1. The van der Waals surface area contributed by atoms with Gasteiger partial charge in [0, 0.05) is 0 Å². The zero-order chi connectivity index (χ0) is 13.8. The Balaban J connectivity index is 2.95. The maximum atomic E-state index is 12.1. The Morgan fingerprint density at radius 3 is 2.33 bits per heavy atom. The second-order valence-corrected chi connectivity index (χ2v) is 6.89. The third-order valence-electron chi connectivity index (χ3n) is 3.75. The molecule has 1 aliphatic rings. The fourth-order valence-electron chi connectivity index (χ4n) is 2.80. The Bertz CT molecular complexity index is 387. The first-order valence-electron chi connectivity index (χ1n) is 6.47. The number of carbonyl (C=O) groups is 1. The minimum atomic E-state index is -3.70. The van der Waals surface area contributed by atoms with Crippen molar-refractivity contribution in [1.82, 2.24) is 0 Å². The van der Waals surface area contributed by atoms with E-state index in [0.717, 1.165) is 32.1 Å². The SMILES string of the molecule is CCOC(=O)C(C)(CS(N)(=O)=O)C1CCCCC1. The van der Waals surface area contributed by atoms with Gasteiger partial charge in [0.1, 0.15) is 0 Å². The largest absolute Gasteiger partial charge is 0.466 e. The standard InChI is InChI=1S/C12H23NO4S/c1-3-17-11(14)12(2,9-18(13,15)16)10-7-5-4-6-8-10/h10H,3-9H2,1-2H3,(H2,13,15,16). The number of rotatable bonds is 5. The van der Waals surface area contributed by atoms with E-state index >= 15 is 0 Å². The molecule has 0 aromatic carbocycles.